The van der Waals surface area contributed by atoms with Gasteiger partial charge in [-0.25, -0.2) is 9.78 Å². The molecule has 0 bridgehead atoms. The fourth-order valence-corrected chi connectivity index (χ4v) is 5.47. The molecule has 5 aromatic rings. The van der Waals surface area contributed by atoms with Crippen molar-refractivity contribution in [1.29, 1.82) is 0 Å². The monoisotopic (exact) mass is 583 g/mol. The number of thiophene rings is 1. The molecule has 0 saturated carbocycles. The molecule has 1 atom stereocenters. The Balaban J connectivity index is 1.06. The lowest BCUT2D eigenvalue weighted by Crippen LogP contribution is -2.43. The molecule has 2 aromatic heterocycles. The molecule has 3 aromatic carbocycles. The number of carbonyl (C=O) groups is 1. The average molecular weight is 584 g/mol. The van der Waals surface area contributed by atoms with Gasteiger partial charge in [0.05, 0.1) is 12.3 Å². The van der Waals surface area contributed by atoms with Gasteiger partial charge in [0.2, 0.25) is 18.3 Å². The maximum atomic E-state index is 12.2. The fourth-order valence-electron chi connectivity index (χ4n) is 4.75. The van der Waals surface area contributed by atoms with E-state index in [-0.39, 0.29) is 13.2 Å². The zero-order valence-corrected chi connectivity index (χ0v) is 24.0. The summed E-state index contributed by atoms with van der Waals surface area (Å²) in [5.41, 5.74) is 2.23. The highest BCUT2D eigenvalue weighted by molar-refractivity contribution is 7.13. The van der Waals surface area contributed by atoms with Gasteiger partial charge in [0.15, 0.2) is 11.5 Å². The Hall–Kier alpha value is -4.76. The van der Waals surface area contributed by atoms with Crippen LogP contribution in [0.2, 0.25) is 0 Å². The molecule has 0 aliphatic carbocycles. The maximum Gasteiger partial charge on any atom is 0.348 e. The molecule has 0 spiro atoms. The van der Waals surface area contributed by atoms with Crippen molar-refractivity contribution < 1.29 is 33.3 Å². The minimum Gasteiger partial charge on any atom is -0.493 e. The van der Waals surface area contributed by atoms with Crippen molar-refractivity contribution in [3.8, 4) is 44.9 Å². The third kappa shape index (κ3) is 5.96. The van der Waals surface area contributed by atoms with Crippen molar-refractivity contribution >= 4 is 17.3 Å². The molecule has 1 aliphatic rings. The first-order chi connectivity index (χ1) is 20.4. The molecule has 8 nitrogen and oxygen atoms in total. The van der Waals surface area contributed by atoms with Gasteiger partial charge in [-0.1, -0.05) is 30.3 Å². The van der Waals surface area contributed by atoms with Crippen LogP contribution in [0.4, 0.5) is 0 Å². The molecule has 9 heteroatoms. The number of oxazole rings is 1. The zero-order valence-electron chi connectivity index (χ0n) is 23.2. The van der Waals surface area contributed by atoms with E-state index in [9.17, 15) is 9.90 Å². The highest BCUT2D eigenvalue weighted by Crippen LogP contribution is 2.37. The van der Waals surface area contributed by atoms with Crippen LogP contribution in [-0.2, 0) is 17.6 Å². The number of hydrogen-bond donors (Lipinski definition) is 1. The zero-order chi connectivity index (χ0) is 29.1. The molecule has 0 saturated heterocycles. The van der Waals surface area contributed by atoms with Crippen molar-refractivity contribution in [2.45, 2.75) is 32.3 Å². The predicted octanol–water partition coefficient (Wildman–Crippen LogP) is 7.19. The minimum atomic E-state index is -1.48. The summed E-state index contributed by atoms with van der Waals surface area (Å²) in [5.74, 6) is 2.50. The number of aryl methyl sites for hydroxylation is 1. The summed E-state index contributed by atoms with van der Waals surface area (Å²) < 4.78 is 28.6. The normalized spacial score (nSPS) is 13.5. The first-order valence-electron chi connectivity index (χ1n) is 13.5. The van der Waals surface area contributed by atoms with Crippen molar-refractivity contribution in [1.82, 2.24) is 4.98 Å². The van der Waals surface area contributed by atoms with E-state index in [0.717, 1.165) is 28.1 Å². The van der Waals surface area contributed by atoms with Gasteiger partial charge in [0.25, 0.3) is 0 Å². The molecular formula is C33H29NO7S. The van der Waals surface area contributed by atoms with E-state index in [1.54, 1.807) is 36.5 Å². The SMILES string of the molecule is Cc1oc(-c2cccc(-c3cccs3)c2)nc1CCOc1ccc(CC(C)(Oc2ccc3c(c2)OCO3)C(=O)O)cc1. The molecule has 0 radical (unpaired) electrons. The molecule has 1 unspecified atom stereocenters. The number of carboxylic acids is 1. The quantitative estimate of drug-likeness (QED) is 0.174. The van der Waals surface area contributed by atoms with Crippen LogP contribution in [0.5, 0.6) is 23.0 Å². The van der Waals surface area contributed by atoms with Gasteiger partial charge < -0.3 is 28.5 Å². The van der Waals surface area contributed by atoms with Gasteiger partial charge in [-0.2, -0.15) is 0 Å². The number of aliphatic carboxylic acids is 1. The second-order valence-electron chi connectivity index (χ2n) is 10.2. The number of rotatable bonds is 11. The Morgan fingerprint density at radius 3 is 2.55 bits per heavy atom. The van der Waals surface area contributed by atoms with E-state index in [2.05, 4.69) is 23.6 Å². The lowest BCUT2D eigenvalue weighted by Gasteiger charge is -2.26. The molecule has 3 heterocycles. The summed E-state index contributed by atoms with van der Waals surface area (Å²) in [6.45, 7) is 4.01. The third-order valence-electron chi connectivity index (χ3n) is 7.02. The molecule has 6 rings (SSSR count). The number of benzene rings is 3. The number of carboxylic acid groups (broad SMARTS) is 1. The first kappa shape index (κ1) is 27.4. The summed E-state index contributed by atoms with van der Waals surface area (Å²) in [4.78, 5) is 18.1. The molecule has 1 aliphatic heterocycles. The Bertz CT molecular complexity index is 1690. The van der Waals surface area contributed by atoms with Crippen LogP contribution in [0.25, 0.3) is 21.9 Å². The summed E-state index contributed by atoms with van der Waals surface area (Å²) in [6.07, 6.45) is 0.744. The number of ether oxygens (including phenoxy) is 4. The van der Waals surface area contributed by atoms with Crippen LogP contribution in [-0.4, -0.2) is 35.1 Å². The average Bonchev–Trinajstić information content (AvgIpc) is 3.76. The van der Waals surface area contributed by atoms with Gasteiger partial charge in [0, 0.05) is 29.3 Å². The first-order valence-corrected chi connectivity index (χ1v) is 14.4. The van der Waals surface area contributed by atoms with E-state index < -0.39 is 11.6 Å². The number of hydrogen-bond acceptors (Lipinski definition) is 8. The van der Waals surface area contributed by atoms with E-state index in [0.29, 0.717) is 41.9 Å². The molecule has 214 valence electrons. The van der Waals surface area contributed by atoms with Crippen LogP contribution in [0.3, 0.4) is 0 Å². The lowest BCUT2D eigenvalue weighted by atomic mass is 9.96. The summed E-state index contributed by atoms with van der Waals surface area (Å²) in [5, 5.41) is 12.0. The summed E-state index contributed by atoms with van der Waals surface area (Å²) in [7, 11) is 0. The Morgan fingerprint density at radius 1 is 0.976 bits per heavy atom. The number of aromatic nitrogens is 1. The van der Waals surface area contributed by atoms with Gasteiger partial charge in [-0.3, -0.25) is 0 Å². The van der Waals surface area contributed by atoms with Crippen molar-refractivity contribution in [3.63, 3.8) is 0 Å². The summed E-state index contributed by atoms with van der Waals surface area (Å²) in [6, 6.07) is 24.7. The summed E-state index contributed by atoms with van der Waals surface area (Å²) >= 11 is 1.70. The molecule has 1 N–H and O–H groups in total. The van der Waals surface area contributed by atoms with Crippen molar-refractivity contribution in [2.75, 3.05) is 13.4 Å². The molecule has 0 amide bonds. The van der Waals surface area contributed by atoms with Gasteiger partial charge in [-0.15, -0.1) is 11.3 Å². The maximum absolute atomic E-state index is 12.2. The van der Waals surface area contributed by atoms with Gasteiger partial charge in [0.1, 0.15) is 17.3 Å². The van der Waals surface area contributed by atoms with E-state index in [1.165, 1.54) is 4.88 Å². The lowest BCUT2D eigenvalue weighted by molar-refractivity contribution is -0.153. The van der Waals surface area contributed by atoms with Gasteiger partial charge in [-0.05, 0) is 72.8 Å². The van der Waals surface area contributed by atoms with Crippen molar-refractivity contribution in [2.24, 2.45) is 0 Å². The second-order valence-corrected chi connectivity index (χ2v) is 11.1. The van der Waals surface area contributed by atoms with E-state index in [4.69, 9.17) is 28.3 Å². The van der Waals surface area contributed by atoms with Crippen LogP contribution >= 0.6 is 11.3 Å². The van der Waals surface area contributed by atoms with Crippen LogP contribution in [0.1, 0.15) is 23.9 Å². The fraction of sp³-hybridized carbons (Fsp3) is 0.212. The van der Waals surface area contributed by atoms with Crippen LogP contribution in [0.15, 0.2) is 88.7 Å². The van der Waals surface area contributed by atoms with Crippen LogP contribution < -0.4 is 18.9 Å². The van der Waals surface area contributed by atoms with E-state index in [1.807, 2.05) is 49.4 Å². The molecule has 0 fully saturated rings. The molecule has 42 heavy (non-hydrogen) atoms. The number of fused-ring (bicyclic) bond motifs is 1. The van der Waals surface area contributed by atoms with Gasteiger partial charge >= 0.3 is 5.97 Å². The Kier molecular flexibility index (Phi) is 7.58. The minimum absolute atomic E-state index is 0.132. The smallest absolute Gasteiger partial charge is 0.348 e. The standard InChI is InChI=1S/C33H29NO7S/c1-21-27(34-31(40-21)24-6-3-5-23(17-24)30-7-4-16-42-30)14-15-37-25-10-8-22(9-11-25)19-33(2,32(35)36)41-26-12-13-28-29(18-26)39-20-38-28/h3-13,16-18H,14-15,19-20H2,1-2H3,(H,35,36). The predicted molar refractivity (Wildman–Crippen MR) is 159 cm³/mol. The number of nitrogens with zero attached hydrogens (tertiary/aromatic N) is 1. The highest BCUT2D eigenvalue weighted by Gasteiger charge is 2.36. The Morgan fingerprint density at radius 2 is 1.76 bits per heavy atom. The third-order valence-corrected chi connectivity index (χ3v) is 7.94. The largest absolute Gasteiger partial charge is 0.493 e. The van der Waals surface area contributed by atoms with Crippen LogP contribution in [0, 0.1) is 6.92 Å². The highest BCUT2D eigenvalue weighted by atomic mass is 32.1. The van der Waals surface area contributed by atoms with Crippen molar-refractivity contribution in [3.05, 3.63) is 101 Å². The topological polar surface area (TPSA) is 100 Å². The van der Waals surface area contributed by atoms with E-state index >= 15 is 0 Å². The second kappa shape index (κ2) is 11.6. The Labute approximate surface area is 247 Å². The molecular weight excluding hydrogens is 554 g/mol.